The molecule has 3 saturated heterocycles. The van der Waals surface area contributed by atoms with Crippen molar-refractivity contribution in [2.24, 2.45) is 23.7 Å². The summed E-state index contributed by atoms with van der Waals surface area (Å²) in [6.45, 7) is 7.00. The second kappa shape index (κ2) is 7.44. The fourth-order valence-electron chi connectivity index (χ4n) is 4.91. The van der Waals surface area contributed by atoms with Gasteiger partial charge in [-0.15, -0.1) is 0 Å². The van der Waals surface area contributed by atoms with Gasteiger partial charge in [0, 0.05) is 6.42 Å². The molecule has 4 aliphatic rings. The lowest BCUT2D eigenvalue weighted by atomic mass is 9.60. The molecule has 4 fully saturated rings. The molecule has 0 radical (unpaired) electrons. The first-order valence-electron chi connectivity index (χ1n) is 9.64. The van der Waals surface area contributed by atoms with Gasteiger partial charge >= 0.3 is 11.9 Å². The quantitative estimate of drug-likeness (QED) is 0.568. The summed E-state index contributed by atoms with van der Waals surface area (Å²) in [6, 6.07) is 0. The van der Waals surface area contributed by atoms with Crippen LogP contribution in [-0.4, -0.2) is 41.6 Å². The van der Waals surface area contributed by atoms with E-state index in [0.29, 0.717) is 18.4 Å². The molecule has 6 atom stereocenters. The lowest BCUT2D eigenvalue weighted by Crippen LogP contribution is -2.60. The maximum Gasteiger partial charge on any atom is 0.306 e. The Morgan fingerprint density at radius 2 is 2.00 bits per heavy atom. The highest BCUT2D eigenvalue weighted by atomic mass is 17.2. The van der Waals surface area contributed by atoms with Crippen molar-refractivity contribution in [3.63, 3.8) is 0 Å². The van der Waals surface area contributed by atoms with Crippen molar-refractivity contribution < 1.29 is 33.9 Å². The van der Waals surface area contributed by atoms with Crippen molar-refractivity contribution in [1.29, 1.82) is 0 Å². The van der Waals surface area contributed by atoms with Crippen LogP contribution in [0.25, 0.3) is 0 Å². The largest absolute Gasteiger partial charge is 0.481 e. The zero-order chi connectivity index (χ0) is 18.9. The van der Waals surface area contributed by atoms with E-state index in [9.17, 15) is 9.59 Å². The molecular weight excluding hydrogens is 340 g/mol. The van der Waals surface area contributed by atoms with Crippen LogP contribution in [0.2, 0.25) is 0 Å². The number of rotatable bonds is 6. The average molecular weight is 370 g/mol. The van der Waals surface area contributed by atoms with Gasteiger partial charge in [0.15, 0.2) is 5.79 Å². The summed E-state index contributed by atoms with van der Waals surface area (Å²) < 4.78 is 11.4. The Kier molecular flexibility index (Phi) is 5.61. The van der Waals surface area contributed by atoms with Gasteiger partial charge < -0.3 is 14.6 Å². The number of esters is 1. The molecule has 1 saturated carbocycles. The third-order valence-corrected chi connectivity index (χ3v) is 6.50. The normalized spacial score (nSPS) is 40.3. The Bertz CT molecular complexity index is 538. The van der Waals surface area contributed by atoms with Crippen molar-refractivity contribution >= 4 is 11.9 Å². The van der Waals surface area contributed by atoms with Crippen molar-refractivity contribution in [3.05, 3.63) is 0 Å². The Labute approximate surface area is 154 Å². The van der Waals surface area contributed by atoms with Crippen molar-refractivity contribution in [1.82, 2.24) is 0 Å². The number of carbonyl (C=O) groups excluding carboxylic acids is 1. The molecule has 1 aliphatic carbocycles. The van der Waals surface area contributed by atoms with E-state index in [0.717, 1.165) is 25.7 Å². The van der Waals surface area contributed by atoms with Crippen LogP contribution in [0.15, 0.2) is 0 Å². The summed E-state index contributed by atoms with van der Waals surface area (Å²) >= 11 is 0. The molecule has 0 aromatic rings. The smallest absolute Gasteiger partial charge is 0.306 e. The summed E-state index contributed by atoms with van der Waals surface area (Å²) in [6.07, 6.45) is 3.58. The summed E-state index contributed by atoms with van der Waals surface area (Å²) in [5, 5.41) is 8.66. The van der Waals surface area contributed by atoms with Crippen LogP contribution < -0.4 is 0 Å². The van der Waals surface area contributed by atoms with Crippen LogP contribution >= 0.6 is 0 Å². The van der Waals surface area contributed by atoms with Crippen molar-refractivity contribution in [2.75, 3.05) is 13.2 Å². The molecular formula is C19H30O7. The molecule has 3 heterocycles. The highest BCUT2D eigenvalue weighted by Crippen LogP contribution is 2.55. The molecule has 0 unspecified atom stereocenters. The molecule has 148 valence electrons. The van der Waals surface area contributed by atoms with E-state index in [1.807, 2.05) is 6.92 Å². The van der Waals surface area contributed by atoms with E-state index in [-0.39, 0.29) is 31.3 Å². The van der Waals surface area contributed by atoms with Gasteiger partial charge in [0.05, 0.1) is 26.1 Å². The van der Waals surface area contributed by atoms with Crippen LogP contribution in [-0.2, 0) is 28.8 Å². The number of hydrogen-bond acceptors (Lipinski definition) is 6. The fourth-order valence-corrected chi connectivity index (χ4v) is 4.91. The third-order valence-electron chi connectivity index (χ3n) is 6.50. The number of carbonyl (C=O) groups is 2. The molecule has 0 aromatic heterocycles. The van der Waals surface area contributed by atoms with Crippen molar-refractivity contribution in [2.45, 2.75) is 70.7 Å². The summed E-state index contributed by atoms with van der Waals surface area (Å²) in [5.41, 5.74) is -0.499. The predicted octanol–water partition coefficient (Wildman–Crippen LogP) is 2.92. The zero-order valence-corrected chi connectivity index (χ0v) is 15.9. The molecule has 0 amide bonds. The predicted molar refractivity (Wildman–Crippen MR) is 90.9 cm³/mol. The second-order valence-corrected chi connectivity index (χ2v) is 8.40. The van der Waals surface area contributed by atoms with Crippen LogP contribution in [0.4, 0.5) is 0 Å². The van der Waals surface area contributed by atoms with Gasteiger partial charge in [0.25, 0.3) is 0 Å². The fraction of sp³-hybridized carbons (Fsp3) is 0.895. The van der Waals surface area contributed by atoms with Gasteiger partial charge in [-0.25, -0.2) is 9.78 Å². The third kappa shape index (κ3) is 3.75. The van der Waals surface area contributed by atoms with Gasteiger partial charge in [-0.3, -0.25) is 9.59 Å². The molecule has 3 aliphatic heterocycles. The van der Waals surface area contributed by atoms with E-state index >= 15 is 0 Å². The standard InChI is InChI=1S/C19H30O7/c1-12-4-5-14(13(2)10-23-17(22)7-6-16(20)21)19-11-24-18(3,25-26-19)9-8-15(12)19/h12-15H,4-11H2,1-3H3,(H,20,21)/t12-,13+,14+,15+,18-,19+/m1/s1. The summed E-state index contributed by atoms with van der Waals surface area (Å²) in [4.78, 5) is 34.0. The van der Waals surface area contributed by atoms with Crippen LogP contribution in [0.5, 0.6) is 0 Å². The van der Waals surface area contributed by atoms with Gasteiger partial charge in [-0.1, -0.05) is 13.8 Å². The molecule has 4 rings (SSSR count). The maximum atomic E-state index is 11.8. The van der Waals surface area contributed by atoms with Gasteiger partial charge in [0.1, 0.15) is 5.60 Å². The first-order valence-corrected chi connectivity index (χ1v) is 9.64. The zero-order valence-electron chi connectivity index (χ0n) is 15.9. The molecule has 1 N–H and O–H groups in total. The summed E-state index contributed by atoms with van der Waals surface area (Å²) in [5.74, 6) is -1.00. The Morgan fingerprint density at radius 1 is 1.23 bits per heavy atom. The molecule has 7 nitrogen and oxygen atoms in total. The van der Waals surface area contributed by atoms with Crippen LogP contribution in [0, 0.1) is 23.7 Å². The van der Waals surface area contributed by atoms with Gasteiger partial charge in [-0.2, -0.15) is 0 Å². The van der Waals surface area contributed by atoms with Crippen LogP contribution in [0.3, 0.4) is 0 Å². The first kappa shape index (κ1) is 19.6. The lowest BCUT2D eigenvalue weighted by Gasteiger charge is -2.53. The minimum absolute atomic E-state index is 0.0773. The van der Waals surface area contributed by atoms with Gasteiger partial charge in [-0.05, 0) is 49.9 Å². The maximum absolute atomic E-state index is 11.8. The molecule has 7 heteroatoms. The van der Waals surface area contributed by atoms with E-state index < -0.39 is 23.3 Å². The Morgan fingerprint density at radius 3 is 2.65 bits per heavy atom. The van der Waals surface area contributed by atoms with E-state index in [1.54, 1.807) is 0 Å². The minimum atomic E-state index is -0.996. The second-order valence-electron chi connectivity index (χ2n) is 8.40. The van der Waals surface area contributed by atoms with Gasteiger partial charge in [0.2, 0.25) is 0 Å². The number of carboxylic acid groups (broad SMARTS) is 1. The highest BCUT2D eigenvalue weighted by molar-refractivity contribution is 5.76. The SMILES string of the molecule is C[C@@H]1CC[C@@H]([C@@H](C)COC(=O)CCC(=O)O)[C@@]23CO[C@@](C)(CC[C@@H]12)OO3. The molecule has 1 spiro atoms. The van der Waals surface area contributed by atoms with E-state index in [1.165, 1.54) is 0 Å². The summed E-state index contributed by atoms with van der Waals surface area (Å²) in [7, 11) is 0. The van der Waals surface area contributed by atoms with Crippen molar-refractivity contribution in [3.8, 4) is 0 Å². The highest BCUT2D eigenvalue weighted by Gasteiger charge is 2.60. The number of ether oxygens (including phenoxy) is 2. The minimum Gasteiger partial charge on any atom is -0.481 e. The number of hydrogen-bond donors (Lipinski definition) is 1. The average Bonchev–Trinajstić information content (AvgIpc) is 2.85. The van der Waals surface area contributed by atoms with E-state index in [2.05, 4.69) is 13.8 Å². The number of carboxylic acids is 1. The number of fused-ring (bicyclic) bond motifs is 3. The molecule has 2 bridgehead atoms. The number of aliphatic carboxylic acids is 1. The Hall–Kier alpha value is -1.18. The molecule has 26 heavy (non-hydrogen) atoms. The first-order chi connectivity index (χ1) is 12.3. The lowest BCUT2D eigenvalue weighted by molar-refractivity contribution is -0.517. The molecule has 0 aromatic carbocycles. The van der Waals surface area contributed by atoms with Crippen LogP contribution in [0.1, 0.15) is 59.3 Å². The topological polar surface area (TPSA) is 91.3 Å². The monoisotopic (exact) mass is 370 g/mol. The van der Waals surface area contributed by atoms with E-state index in [4.69, 9.17) is 24.4 Å². The Balaban J connectivity index is 1.66.